The average Bonchev–Trinajstić information content (AvgIpc) is 3.51. The number of hydrogen-bond donors (Lipinski definition) is 1. The number of amides is 2. The smallest absolute Gasteiger partial charge is 0.317 e. The number of hydrogen-bond acceptors (Lipinski definition) is 2. The Labute approximate surface area is 175 Å². The topological polar surface area (TPSA) is 35.6 Å². The zero-order valence-electron chi connectivity index (χ0n) is 17.6. The standard InChI is InChI=1S/C25H35N3O/c29-25(26-22-5-1-2-6-22)28-17-21-11-12-23(24(21)18-28)20-9-7-19(8-10-20)13-16-27-14-3-4-15-27/h7-10,12,21-22,24H,1-6,11,13-18H2,(H,26,29)/t21-,24+/m0/s1. The molecule has 0 unspecified atom stereocenters. The van der Waals surface area contributed by atoms with Crippen LogP contribution in [0.5, 0.6) is 0 Å². The van der Waals surface area contributed by atoms with E-state index in [0.29, 0.717) is 17.9 Å². The Kier molecular flexibility index (Phi) is 5.63. The summed E-state index contributed by atoms with van der Waals surface area (Å²) in [4.78, 5) is 17.4. The monoisotopic (exact) mass is 393 g/mol. The predicted molar refractivity (Wildman–Crippen MR) is 118 cm³/mol. The molecule has 2 aliphatic carbocycles. The summed E-state index contributed by atoms with van der Waals surface area (Å²) < 4.78 is 0. The molecule has 0 spiro atoms. The third-order valence-electron chi connectivity index (χ3n) is 7.65. The molecule has 1 aromatic rings. The van der Waals surface area contributed by atoms with Crippen LogP contribution in [0.1, 0.15) is 56.1 Å². The van der Waals surface area contributed by atoms with Gasteiger partial charge in [0.2, 0.25) is 0 Å². The number of benzene rings is 1. The fourth-order valence-corrected chi connectivity index (χ4v) is 5.88. The van der Waals surface area contributed by atoms with E-state index < -0.39 is 0 Å². The minimum absolute atomic E-state index is 0.169. The number of urea groups is 1. The van der Waals surface area contributed by atoms with Crippen molar-refractivity contribution >= 4 is 11.6 Å². The van der Waals surface area contributed by atoms with Crippen LogP contribution in [-0.2, 0) is 6.42 Å². The molecule has 4 heteroatoms. The highest BCUT2D eigenvalue weighted by Gasteiger charge is 2.40. The van der Waals surface area contributed by atoms with Gasteiger partial charge in [-0.15, -0.1) is 0 Å². The van der Waals surface area contributed by atoms with Crippen LogP contribution < -0.4 is 5.32 Å². The van der Waals surface area contributed by atoms with Crippen molar-refractivity contribution in [3.05, 3.63) is 41.5 Å². The molecule has 1 aromatic carbocycles. The highest BCUT2D eigenvalue weighted by Crippen LogP contribution is 2.43. The number of nitrogens with one attached hydrogen (secondary N) is 1. The van der Waals surface area contributed by atoms with Crippen molar-refractivity contribution in [1.29, 1.82) is 0 Å². The highest BCUT2D eigenvalue weighted by atomic mass is 16.2. The lowest BCUT2D eigenvalue weighted by molar-refractivity contribution is 0.202. The number of allylic oxidation sites excluding steroid dienone is 1. The maximum Gasteiger partial charge on any atom is 0.317 e. The molecule has 2 aliphatic heterocycles. The molecule has 2 saturated heterocycles. The first-order valence-electron chi connectivity index (χ1n) is 11.8. The van der Waals surface area contributed by atoms with Crippen molar-refractivity contribution in [2.24, 2.45) is 11.8 Å². The van der Waals surface area contributed by atoms with E-state index in [1.54, 1.807) is 0 Å². The Bertz CT molecular complexity index is 744. The van der Waals surface area contributed by atoms with Gasteiger partial charge in [0.15, 0.2) is 0 Å². The molecule has 0 aromatic heterocycles. The molecule has 5 rings (SSSR count). The summed E-state index contributed by atoms with van der Waals surface area (Å²) >= 11 is 0. The predicted octanol–water partition coefficient (Wildman–Crippen LogP) is 4.31. The summed E-state index contributed by atoms with van der Waals surface area (Å²) in [6, 6.07) is 9.84. The van der Waals surface area contributed by atoms with Crippen LogP contribution >= 0.6 is 0 Å². The number of fused-ring (bicyclic) bond motifs is 1. The molecule has 0 bridgehead atoms. The molecule has 2 atom stereocenters. The van der Waals surface area contributed by atoms with Gasteiger partial charge < -0.3 is 15.1 Å². The molecule has 4 nitrogen and oxygen atoms in total. The minimum atomic E-state index is 0.169. The molecule has 1 saturated carbocycles. The maximum absolute atomic E-state index is 12.7. The largest absolute Gasteiger partial charge is 0.335 e. The molecule has 29 heavy (non-hydrogen) atoms. The summed E-state index contributed by atoms with van der Waals surface area (Å²) in [5.41, 5.74) is 4.28. The molecule has 156 valence electrons. The highest BCUT2D eigenvalue weighted by molar-refractivity contribution is 5.77. The molecule has 2 heterocycles. The third-order valence-corrected chi connectivity index (χ3v) is 7.65. The summed E-state index contributed by atoms with van der Waals surface area (Å²) in [6.45, 7) is 5.54. The molecule has 0 radical (unpaired) electrons. The van der Waals surface area contributed by atoms with E-state index in [1.165, 1.54) is 62.0 Å². The van der Waals surface area contributed by atoms with E-state index in [2.05, 4.69) is 45.5 Å². The second kappa shape index (κ2) is 8.51. The Morgan fingerprint density at radius 3 is 2.52 bits per heavy atom. The summed E-state index contributed by atoms with van der Waals surface area (Å²) in [7, 11) is 0. The van der Waals surface area contributed by atoms with Gasteiger partial charge >= 0.3 is 6.03 Å². The number of carbonyl (C=O) groups is 1. The van der Waals surface area contributed by atoms with Crippen LogP contribution in [0.4, 0.5) is 4.79 Å². The molecular weight excluding hydrogens is 358 g/mol. The molecule has 4 aliphatic rings. The Morgan fingerprint density at radius 2 is 1.76 bits per heavy atom. The van der Waals surface area contributed by atoms with Crippen LogP contribution in [-0.4, -0.2) is 54.6 Å². The summed E-state index contributed by atoms with van der Waals surface area (Å²) in [5, 5.41) is 3.27. The van der Waals surface area contributed by atoms with Crippen molar-refractivity contribution in [1.82, 2.24) is 15.1 Å². The van der Waals surface area contributed by atoms with E-state index in [9.17, 15) is 4.79 Å². The molecular formula is C25H35N3O. The van der Waals surface area contributed by atoms with Crippen molar-refractivity contribution in [2.75, 3.05) is 32.7 Å². The van der Waals surface area contributed by atoms with Gasteiger partial charge in [-0.25, -0.2) is 4.79 Å². The number of nitrogens with zero attached hydrogens (tertiary/aromatic N) is 2. The van der Waals surface area contributed by atoms with Gasteiger partial charge in [0.05, 0.1) is 0 Å². The second-order valence-corrected chi connectivity index (χ2v) is 9.59. The normalized spacial score (nSPS) is 27.4. The minimum Gasteiger partial charge on any atom is -0.335 e. The van der Waals surface area contributed by atoms with E-state index in [-0.39, 0.29) is 6.03 Å². The van der Waals surface area contributed by atoms with E-state index in [4.69, 9.17) is 0 Å². The van der Waals surface area contributed by atoms with Crippen molar-refractivity contribution in [3.63, 3.8) is 0 Å². The zero-order valence-corrected chi connectivity index (χ0v) is 17.6. The number of rotatable bonds is 5. The SMILES string of the molecule is O=C(NC1CCCC1)N1C[C@@H]2CC=C(c3ccc(CCN4CCCC4)cc3)[C@@H]2C1. The van der Waals surface area contributed by atoms with E-state index in [1.807, 2.05) is 0 Å². The van der Waals surface area contributed by atoms with Gasteiger partial charge in [0.25, 0.3) is 0 Å². The van der Waals surface area contributed by atoms with Crippen molar-refractivity contribution in [2.45, 2.75) is 57.4 Å². The number of likely N-dealkylation sites (tertiary alicyclic amines) is 2. The van der Waals surface area contributed by atoms with Crippen LogP contribution in [0.15, 0.2) is 30.3 Å². The lowest BCUT2D eigenvalue weighted by Crippen LogP contribution is -2.43. The van der Waals surface area contributed by atoms with Gasteiger partial charge in [-0.2, -0.15) is 0 Å². The van der Waals surface area contributed by atoms with Gasteiger partial charge in [-0.1, -0.05) is 43.2 Å². The first-order chi connectivity index (χ1) is 14.3. The van der Waals surface area contributed by atoms with Crippen LogP contribution in [0.3, 0.4) is 0 Å². The molecule has 1 N–H and O–H groups in total. The number of carbonyl (C=O) groups excluding carboxylic acids is 1. The Hall–Kier alpha value is -1.81. The van der Waals surface area contributed by atoms with Gasteiger partial charge in [0.1, 0.15) is 0 Å². The third kappa shape index (κ3) is 4.23. The summed E-state index contributed by atoms with van der Waals surface area (Å²) in [6.07, 6.45) is 12.3. The molecule has 2 amide bonds. The second-order valence-electron chi connectivity index (χ2n) is 9.59. The summed E-state index contributed by atoms with van der Waals surface area (Å²) in [5.74, 6) is 1.12. The lowest BCUT2D eigenvalue weighted by Gasteiger charge is -2.21. The first kappa shape index (κ1) is 19.2. The van der Waals surface area contributed by atoms with Crippen LogP contribution in [0.2, 0.25) is 0 Å². The van der Waals surface area contributed by atoms with Gasteiger partial charge in [-0.3, -0.25) is 0 Å². The van der Waals surface area contributed by atoms with Crippen molar-refractivity contribution < 1.29 is 4.79 Å². The fourth-order valence-electron chi connectivity index (χ4n) is 5.88. The van der Waals surface area contributed by atoms with E-state index >= 15 is 0 Å². The molecule has 3 fully saturated rings. The van der Waals surface area contributed by atoms with Crippen LogP contribution in [0, 0.1) is 11.8 Å². The van der Waals surface area contributed by atoms with Crippen LogP contribution in [0.25, 0.3) is 5.57 Å². The van der Waals surface area contributed by atoms with E-state index in [0.717, 1.165) is 38.8 Å². The first-order valence-corrected chi connectivity index (χ1v) is 11.8. The zero-order chi connectivity index (χ0) is 19.6. The van der Waals surface area contributed by atoms with Gasteiger partial charge in [-0.05, 0) is 74.2 Å². The fraction of sp³-hybridized carbons (Fsp3) is 0.640. The Morgan fingerprint density at radius 1 is 1.00 bits per heavy atom. The quantitative estimate of drug-likeness (QED) is 0.809. The Balaban J connectivity index is 1.17. The van der Waals surface area contributed by atoms with Gasteiger partial charge in [0, 0.05) is 31.6 Å². The average molecular weight is 394 g/mol. The maximum atomic E-state index is 12.7. The van der Waals surface area contributed by atoms with Crippen molar-refractivity contribution in [3.8, 4) is 0 Å². The lowest BCUT2D eigenvalue weighted by atomic mass is 9.90.